The normalized spacial score (nSPS) is 12.5. The molecule has 0 saturated carbocycles. The molecule has 13 heavy (non-hydrogen) atoms. The highest BCUT2D eigenvalue weighted by molar-refractivity contribution is 5.87. The fraction of sp³-hybridized carbons (Fsp3) is 0.222. The molecule has 0 aliphatic rings. The fourth-order valence-corrected chi connectivity index (χ4v) is 0.962. The predicted molar refractivity (Wildman–Crippen MR) is 46.3 cm³/mol. The van der Waals surface area contributed by atoms with Crippen LogP contribution in [0.25, 0.3) is 0 Å². The number of carboxylic acids is 1. The van der Waals surface area contributed by atoms with Gasteiger partial charge >= 0.3 is 5.97 Å². The van der Waals surface area contributed by atoms with Crippen molar-refractivity contribution in [3.05, 3.63) is 35.4 Å². The summed E-state index contributed by atoms with van der Waals surface area (Å²) in [6, 6.07) is 5.20. The highest BCUT2D eigenvalue weighted by Crippen LogP contribution is 2.11. The third-order valence-electron chi connectivity index (χ3n) is 1.75. The molecule has 0 unspecified atom stereocenters. The van der Waals surface area contributed by atoms with Crippen molar-refractivity contribution in [3.63, 3.8) is 0 Å². The van der Waals surface area contributed by atoms with Gasteiger partial charge in [0.15, 0.2) is 0 Å². The lowest BCUT2D eigenvalue weighted by molar-refractivity contribution is 0.0697. The Kier molecular flexibility index (Phi) is 2.97. The summed E-state index contributed by atoms with van der Waals surface area (Å²) in [7, 11) is 0. The second-order valence-electron chi connectivity index (χ2n) is 2.69. The van der Waals surface area contributed by atoms with Gasteiger partial charge in [-0.1, -0.05) is 12.1 Å². The molecular weight excluding hydrogens is 173 g/mol. The third kappa shape index (κ3) is 2.26. The predicted octanol–water partition coefficient (Wildman–Crippen LogP) is 1.35. The van der Waals surface area contributed by atoms with Crippen LogP contribution in [-0.4, -0.2) is 17.8 Å². The second-order valence-corrected chi connectivity index (χ2v) is 2.69. The average molecular weight is 183 g/mol. The molecule has 4 heteroatoms. The van der Waals surface area contributed by atoms with E-state index in [4.69, 9.17) is 10.8 Å². The first-order valence-corrected chi connectivity index (χ1v) is 3.80. The van der Waals surface area contributed by atoms with Crippen LogP contribution in [0, 0.1) is 0 Å². The maximum absolute atomic E-state index is 12.1. The van der Waals surface area contributed by atoms with E-state index >= 15 is 0 Å². The van der Waals surface area contributed by atoms with Crippen molar-refractivity contribution in [2.24, 2.45) is 5.73 Å². The fourth-order valence-electron chi connectivity index (χ4n) is 0.962. The molecule has 3 N–H and O–H groups in total. The van der Waals surface area contributed by atoms with Gasteiger partial charge in [0.05, 0.1) is 11.6 Å². The molecule has 1 rings (SSSR count). The SMILES string of the molecule is N[C@H](CF)c1ccc(C(=O)O)cc1. The first-order chi connectivity index (χ1) is 6.15. The Morgan fingerprint density at radius 1 is 1.46 bits per heavy atom. The number of rotatable bonds is 3. The number of alkyl halides is 1. The Labute approximate surface area is 75.0 Å². The van der Waals surface area contributed by atoms with Crippen LogP contribution in [0.15, 0.2) is 24.3 Å². The summed E-state index contributed by atoms with van der Waals surface area (Å²) < 4.78 is 12.1. The molecule has 0 saturated heterocycles. The molecular formula is C9H10FNO2. The van der Waals surface area contributed by atoms with E-state index in [9.17, 15) is 9.18 Å². The summed E-state index contributed by atoms with van der Waals surface area (Å²) in [5.41, 5.74) is 6.18. The summed E-state index contributed by atoms with van der Waals surface area (Å²) in [5, 5.41) is 8.57. The molecule has 1 aromatic rings. The van der Waals surface area contributed by atoms with Gasteiger partial charge in [-0.15, -0.1) is 0 Å². The number of benzene rings is 1. The lowest BCUT2D eigenvalue weighted by Crippen LogP contribution is -2.12. The quantitative estimate of drug-likeness (QED) is 0.743. The third-order valence-corrected chi connectivity index (χ3v) is 1.75. The molecule has 0 radical (unpaired) electrons. The monoisotopic (exact) mass is 183 g/mol. The Hall–Kier alpha value is -1.42. The minimum Gasteiger partial charge on any atom is -0.478 e. The number of aromatic carboxylic acids is 1. The van der Waals surface area contributed by atoms with E-state index in [2.05, 4.69) is 0 Å². The van der Waals surface area contributed by atoms with Gasteiger partial charge in [-0.05, 0) is 17.7 Å². The smallest absolute Gasteiger partial charge is 0.335 e. The molecule has 3 nitrogen and oxygen atoms in total. The van der Waals surface area contributed by atoms with Gasteiger partial charge in [-0.3, -0.25) is 0 Å². The maximum Gasteiger partial charge on any atom is 0.335 e. The van der Waals surface area contributed by atoms with Crippen molar-refractivity contribution < 1.29 is 14.3 Å². The minimum atomic E-state index is -1.000. The van der Waals surface area contributed by atoms with E-state index in [-0.39, 0.29) is 5.56 Å². The Balaban J connectivity index is 2.87. The summed E-state index contributed by atoms with van der Waals surface area (Å²) in [4.78, 5) is 10.4. The summed E-state index contributed by atoms with van der Waals surface area (Å²) in [6.45, 7) is -0.646. The molecule has 0 heterocycles. The molecule has 0 spiro atoms. The topological polar surface area (TPSA) is 63.3 Å². The van der Waals surface area contributed by atoms with E-state index in [0.717, 1.165) is 0 Å². The summed E-state index contributed by atoms with van der Waals surface area (Å²) in [6.07, 6.45) is 0. The first-order valence-electron chi connectivity index (χ1n) is 3.80. The number of carbonyl (C=O) groups is 1. The Bertz CT molecular complexity index is 297. The van der Waals surface area contributed by atoms with Crippen molar-refractivity contribution in [1.82, 2.24) is 0 Å². The van der Waals surface area contributed by atoms with Gasteiger partial charge in [0.1, 0.15) is 6.67 Å². The van der Waals surface area contributed by atoms with E-state index < -0.39 is 18.7 Å². The molecule has 1 aromatic carbocycles. The molecule has 0 aliphatic heterocycles. The zero-order valence-electron chi connectivity index (χ0n) is 6.90. The van der Waals surface area contributed by atoms with Crippen LogP contribution in [0.1, 0.15) is 22.0 Å². The van der Waals surface area contributed by atoms with Crippen LogP contribution < -0.4 is 5.73 Å². The van der Waals surface area contributed by atoms with E-state index in [1.54, 1.807) is 0 Å². The molecule has 0 bridgehead atoms. The average Bonchev–Trinajstić information content (AvgIpc) is 2.17. The number of hydrogen-bond acceptors (Lipinski definition) is 2. The Morgan fingerprint density at radius 3 is 2.38 bits per heavy atom. The number of halogens is 1. The van der Waals surface area contributed by atoms with Crippen molar-refractivity contribution >= 4 is 5.97 Å². The van der Waals surface area contributed by atoms with Crippen molar-refractivity contribution in [2.45, 2.75) is 6.04 Å². The van der Waals surface area contributed by atoms with Gasteiger partial charge in [0.25, 0.3) is 0 Å². The highest BCUT2D eigenvalue weighted by Gasteiger charge is 2.06. The number of hydrogen-bond donors (Lipinski definition) is 2. The van der Waals surface area contributed by atoms with Gasteiger partial charge in [-0.25, -0.2) is 9.18 Å². The molecule has 0 aliphatic carbocycles. The van der Waals surface area contributed by atoms with Crippen LogP contribution in [0.3, 0.4) is 0 Å². The van der Waals surface area contributed by atoms with Gasteiger partial charge in [-0.2, -0.15) is 0 Å². The zero-order valence-corrected chi connectivity index (χ0v) is 6.90. The van der Waals surface area contributed by atoms with E-state index in [1.807, 2.05) is 0 Å². The first kappa shape index (κ1) is 9.67. The van der Waals surface area contributed by atoms with E-state index in [1.165, 1.54) is 24.3 Å². The number of carboxylic acid groups (broad SMARTS) is 1. The molecule has 0 fully saturated rings. The summed E-state index contributed by atoms with van der Waals surface area (Å²) in [5.74, 6) is -1.000. The molecule has 70 valence electrons. The highest BCUT2D eigenvalue weighted by atomic mass is 19.1. The molecule has 0 aromatic heterocycles. The lowest BCUT2D eigenvalue weighted by atomic mass is 10.1. The second kappa shape index (κ2) is 4.00. The van der Waals surface area contributed by atoms with Crippen molar-refractivity contribution in [2.75, 3.05) is 6.67 Å². The van der Waals surface area contributed by atoms with Crippen LogP contribution in [0.2, 0.25) is 0 Å². The van der Waals surface area contributed by atoms with Crippen molar-refractivity contribution in [1.29, 1.82) is 0 Å². The maximum atomic E-state index is 12.1. The summed E-state index contributed by atoms with van der Waals surface area (Å²) >= 11 is 0. The van der Waals surface area contributed by atoms with Crippen molar-refractivity contribution in [3.8, 4) is 0 Å². The number of nitrogens with two attached hydrogens (primary N) is 1. The standard InChI is InChI=1S/C9H10FNO2/c10-5-8(11)6-1-3-7(4-2-6)9(12)13/h1-4,8H,5,11H2,(H,12,13)/t8-/m1/s1. The minimum absolute atomic E-state index is 0.176. The largest absolute Gasteiger partial charge is 0.478 e. The van der Waals surface area contributed by atoms with Crippen LogP contribution >= 0.6 is 0 Å². The van der Waals surface area contributed by atoms with Crippen LogP contribution in [0.5, 0.6) is 0 Å². The zero-order chi connectivity index (χ0) is 9.84. The van der Waals surface area contributed by atoms with Crippen LogP contribution in [-0.2, 0) is 0 Å². The van der Waals surface area contributed by atoms with Crippen LogP contribution in [0.4, 0.5) is 4.39 Å². The molecule has 1 atom stereocenters. The lowest BCUT2D eigenvalue weighted by Gasteiger charge is -2.06. The Morgan fingerprint density at radius 2 is 2.00 bits per heavy atom. The molecule has 0 amide bonds. The van der Waals surface area contributed by atoms with Gasteiger partial charge < -0.3 is 10.8 Å². The van der Waals surface area contributed by atoms with Gasteiger partial charge in [0, 0.05) is 0 Å². The van der Waals surface area contributed by atoms with E-state index in [0.29, 0.717) is 5.56 Å². The van der Waals surface area contributed by atoms with Gasteiger partial charge in [0.2, 0.25) is 0 Å².